The molecular weight excluding hydrogens is 392 g/mol. The number of aromatic carboxylic acids is 2. The van der Waals surface area contributed by atoms with Crippen molar-refractivity contribution >= 4 is 11.9 Å². The molecule has 0 heterocycles. The molecule has 5 nitrogen and oxygen atoms in total. The van der Waals surface area contributed by atoms with Crippen molar-refractivity contribution in [3.8, 4) is 0 Å². The maximum absolute atomic E-state index is 11.6. The van der Waals surface area contributed by atoms with Crippen molar-refractivity contribution in [2.24, 2.45) is 0 Å². The lowest BCUT2D eigenvalue weighted by Gasteiger charge is -2.26. The highest BCUT2D eigenvalue weighted by Gasteiger charge is 2.21. The summed E-state index contributed by atoms with van der Waals surface area (Å²) < 4.78 is 6.55. The van der Waals surface area contributed by atoms with Crippen LogP contribution in [0.3, 0.4) is 0 Å². The van der Waals surface area contributed by atoms with E-state index in [4.69, 9.17) is 4.74 Å². The Labute approximate surface area is 185 Å². The number of ether oxygens (including phenoxy) is 1. The number of carboxylic acid groups (broad SMARTS) is 2. The number of unbranched alkanes of at least 4 members (excludes halogenated alkanes) is 2. The second kappa shape index (κ2) is 12.9. The van der Waals surface area contributed by atoms with E-state index >= 15 is 0 Å². The van der Waals surface area contributed by atoms with Crippen LogP contribution in [-0.4, -0.2) is 34.4 Å². The SMILES string of the molecule is CCCCC(Cc1ccccc1C(=O)O)OC(CCCC)Cc1ccccc1C(=O)O. The molecule has 0 amide bonds. The van der Waals surface area contributed by atoms with E-state index in [1.165, 1.54) is 0 Å². The van der Waals surface area contributed by atoms with Crippen molar-refractivity contribution in [2.45, 2.75) is 77.4 Å². The molecule has 2 rings (SSSR count). The third-order valence-corrected chi connectivity index (χ3v) is 5.53. The fraction of sp³-hybridized carbons (Fsp3) is 0.462. The molecule has 31 heavy (non-hydrogen) atoms. The lowest BCUT2D eigenvalue weighted by Crippen LogP contribution is -2.27. The van der Waals surface area contributed by atoms with Crippen molar-refractivity contribution in [1.29, 1.82) is 0 Å². The Morgan fingerprint density at radius 1 is 0.742 bits per heavy atom. The van der Waals surface area contributed by atoms with Gasteiger partial charge < -0.3 is 14.9 Å². The zero-order valence-corrected chi connectivity index (χ0v) is 18.5. The lowest BCUT2D eigenvalue weighted by molar-refractivity contribution is -0.0215. The summed E-state index contributed by atoms with van der Waals surface area (Å²) in [6, 6.07) is 14.2. The minimum Gasteiger partial charge on any atom is -0.478 e. The van der Waals surface area contributed by atoms with Crippen LogP contribution in [0.15, 0.2) is 48.5 Å². The van der Waals surface area contributed by atoms with Gasteiger partial charge in [0, 0.05) is 0 Å². The second-order valence-corrected chi connectivity index (χ2v) is 8.00. The first-order chi connectivity index (χ1) is 15.0. The summed E-state index contributed by atoms with van der Waals surface area (Å²) in [7, 11) is 0. The maximum atomic E-state index is 11.6. The maximum Gasteiger partial charge on any atom is 0.335 e. The zero-order chi connectivity index (χ0) is 22.6. The van der Waals surface area contributed by atoms with E-state index < -0.39 is 11.9 Å². The first-order valence-electron chi connectivity index (χ1n) is 11.2. The molecule has 0 aliphatic carbocycles. The molecule has 2 aromatic rings. The van der Waals surface area contributed by atoms with Crippen LogP contribution in [-0.2, 0) is 17.6 Å². The van der Waals surface area contributed by atoms with Gasteiger partial charge in [0.25, 0.3) is 0 Å². The van der Waals surface area contributed by atoms with Gasteiger partial charge in [0.1, 0.15) is 0 Å². The number of hydrogen-bond donors (Lipinski definition) is 2. The molecule has 0 spiro atoms. The van der Waals surface area contributed by atoms with Crippen LogP contribution in [0.25, 0.3) is 0 Å². The monoisotopic (exact) mass is 426 g/mol. The van der Waals surface area contributed by atoms with Crippen LogP contribution in [0.2, 0.25) is 0 Å². The summed E-state index contributed by atoms with van der Waals surface area (Å²) in [5.74, 6) is -1.86. The Kier molecular flexibility index (Phi) is 10.2. The van der Waals surface area contributed by atoms with Gasteiger partial charge in [-0.1, -0.05) is 75.9 Å². The van der Waals surface area contributed by atoms with E-state index in [0.29, 0.717) is 24.0 Å². The summed E-state index contributed by atoms with van der Waals surface area (Å²) in [4.78, 5) is 23.3. The van der Waals surface area contributed by atoms with Gasteiger partial charge in [0.15, 0.2) is 0 Å². The fourth-order valence-corrected chi connectivity index (χ4v) is 3.88. The highest BCUT2D eigenvalue weighted by atomic mass is 16.5. The first-order valence-corrected chi connectivity index (χ1v) is 11.2. The molecule has 168 valence electrons. The Balaban J connectivity index is 2.23. The number of benzene rings is 2. The van der Waals surface area contributed by atoms with E-state index in [2.05, 4.69) is 13.8 Å². The third-order valence-electron chi connectivity index (χ3n) is 5.53. The molecule has 0 bridgehead atoms. The summed E-state index contributed by atoms with van der Waals surface area (Å²) in [5, 5.41) is 19.1. The predicted octanol–water partition coefficient (Wildman–Crippen LogP) is 6.00. The molecular formula is C26H34O5. The zero-order valence-electron chi connectivity index (χ0n) is 18.5. The first kappa shape index (κ1) is 24.6. The van der Waals surface area contributed by atoms with Crippen LogP contribution in [0.1, 0.15) is 84.2 Å². The molecule has 0 radical (unpaired) electrons. The van der Waals surface area contributed by atoms with E-state index in [-0.39, 0.29) is 12.2 Å². The normalized spacial score (nSPS) is 13.0. The van der Waals surface area contributed by atoms with Gasteiger partial charge in [0.05, 0.1) is 23.3 Å². The summed E-state index contributed by atoms with van der Waals surface area (Å²) in [5.41, 5.74) is 2.18. The van der Waals surface area contributed by atoms with Crippen molar-refractivity contribution in [2.75, 3.05) is 0 Å². The van der Waals surface area contributed by atoms with Crippen molar-refractivity contribution in [3.05, 3.63) is 70.8 Å². The highest BCUT2D eigenvalue weighted by Crippen LogP contribution is 2.22. The van der Waals surface area contributed by atoms with Crippen LogP contribution in [0.5, 0.6) is 0 Å². The Hall–Kier alpha value is -2.66. The quantitative estimate of drug-likeness (QED) is 0.387. The second-order valence-electron chi connectivity index (χ2n) is 8.00. The van der Waals surface area contributed by atoms with Gasteiger partial charge >= 0.3 is 11.9 Å². The Bertz CT molecular complexity index is 776. The number of rotatable bonds is 14. The highest BCUT2D eigenvalue weighted by molar-refractivity contribution is 5.89. The summed E-state index contributed by atoms with van der Waals surface area (Å²) in [6.07, 6.45) is 6.57. The van der Waals surface area contributed by atoms with Crippen LogP contribution < -0.4 is 0 Å². The summed E-state index contributed by atoms with van der Waals surface area (Å²) >= 11 is 0. The molecule has 2 N–H and O–H groups in total. The van der Waals surface area contributed by atoms with Gasteiger partial charge in [-0.05, 0) is 48.9 Å². The number of carbonyl (C=O) groups is 2. The molecule has 2 aromatic carbocycles. The van der Waals surface area contributed by atoms with Gasteiger partial charge in [0.2, 0.25) is 0 Å². The Morgan fingerprint density at radius 3 is 1.48 bits per heavy atom. The third kappa shape index (κ3) is 7.83. The average Bonchev–Trinajstić information content (AvgIpc) is 2.76. The molecule has 2 atom stereocenters. The standard InChI is InChI=1S/C26H34O5/c1-3-5-13-21(17-19-11-7-9-15-23(19)25(27)28)31-22(14-6-4-2)18-20-12-8-10-16-24(20)26(29)30/h7-12,15-16,21-22H,3-6,13-14,17-18H2,1-2H3,(H,27,28)(H,29,30). The summed E-state index contributed by atoms with van der Waals surface area (Å²) in [6.45, 7) is 4.25. The van der Waals surface area contributed by atoms with Crippen LogP contribution >= 0.6 is 0 Å². The minimum absolute atomic E-state index is 0.112. The van der Waals surface area contributed by atoms with Crippen LogP contribution in [0, 0.1) is 0 Å². The van der Waals surface area contributed by atoms with E-state index in [0.717, 1.165) is 49.7 Å². The van der Waals surface area contributed by atoms with Crippen molar-refractivity contribution in [3.63, 3.8) is 0 Å². The van der Waals surface area contributed by atoms with Gasteiger partial charge in [-0.2, -0.15) is 0 Å². The van der Waals surface area contributed by atoms with Gasteiger partial charge in [-0.15, -0.1) is 0 Å². The van der Waals surface area contributed by atoms with E-state index in [1.807, 2.05) is 24.3 Å². The molecule has 2 unspecified atom stereocenters. The largest absolute Gasteiger partial charge is 0.478 e. The molecule has 0 fully saturated rings. The molecule has 0 aliphatic rings. The number of carboxylic acids is 2. The average molecular weight is 427 g/mol. The van der Waals surface area contributed by atoms with Crippen LogP contribution in [0.4, 0.5) is 0 Å². The number of hydrogen-bond acceptors (Lipinski definition) is 3. The van der Waals surface area contributed by atoms with Crippen molar-refractivity contribution < 1.29 is 24.5 Å². The topological polar surface area (TPSA) is 83.8 Å². The van der Waals surface area contributed by atoms with E-state index in [1.54, 1.807) is 24.3 Å². The Morgan fingerprint density at radius 2 is 1.13 bits per heavy atom. The van der Waals surface area contributed by atoms with Gasteiger partial charge in [-0.25, -0.2) is 9.59 Å². The molecule has 0 saturated carbocycles. The molecule has 0 aromatic heterocycles. The molecule has 0 saturated heterocycles. The lowest BCUT2D eigenvalue weighted by atomic mass is 9.96. The molecule has 5 heteroatoms. The predicted molar refractivity (Wildman–Crippen MR) is 122 cm³/mol. The van der Waals surface area contributed by atoms with Crippen molar-refractivity contribution in [1.82, 2.24) is 0 Å². The smallest absolute Gasteiger partial charge is 0.335 e. The van der Waals surface area contributed by atoms with Gasteiger partial charge in [-0.3, -0.25) is 0 Å². The van der Waals surface area contributed by atoms with E-state index in [9.17, 15) is 19.8 Å². The molecule has 0 aliphatic heterocycles. The minimum atomic E-state index is -0.928. The fourth-order valence-electron chi connectivity index (χ4n) is 3.88.